The fourth-order valence-electron chi connectivity index (χ4n) is 3.06. The SMILES string of the molecule is CCCNC(=O)CN(C)Cc1cc(=O)oc2cc(C)c(C(C)C)cc12. The summed E-state index contributed by atoms with van der Waals surface area (Å²) in [5.41, 5.74) is 3.50. The van der Waals surface area contributed by atoms with Gasteiger partial charge in [0.05, 0.1) is 6.54 Å². The number of amides is 1. The van der Waals surface area contributed by atoms with Gasteiger partial charge in [-0.25, -0.2) is 4.79 Å². The Morgan fingerprint density at radius 2 is 2.00 bits per heavy atom. The predicted molar refractivity (Wildman–Crippen MR) is 101 cm³/mol. The molecule has 0 aliphatic rings. The maximum Gasteiger partial charge on any atom is 0.336 e. The van der Waals surface area contributed by atoms with Gasteiger partial charge >= 0.3 is 5.63 Å². The van der Waals surface area contributed by atoms with E-state index in [0.717, 1.165) is 22.9 Å². The molecule has 0 unspecified atom stereocenters. The minimum Gasteiger partial charge on any atom is -0.423 e. The zero-order valence-corrected chi connectivity index (χ0v) is 15.8. The molecule has 2 aromatic rings. The summed E-state index contributed by atoms with van der Waals surface area (Å²) in [4.78, 5) is 25.7. The zero-order chi connectivity index (χ0) is 18.6. The largest absolute Gasteiger partial charge is 0.423 e. The summed E-state index contributed by atoms with van der Waals surface area (Å²) in [7, 11) is 1.88. The van der Waals surface area contributed by atoms with Crippen molar-refractivity contribution in [1.82, 2.24) is 10.2 Å². The Morgan fingerprint density at radius 1 is 1.28 bits per heavy atom. The first-order valence-corrected chi connectivity index (χ1v) is 8.84. The normalized spacial score (nSPS) is 11.5. The van der Waals surface area contributed by atoms with Crippen LogP contribution in [0.5, 0.6) is 0 Å². The molecule has 0 bridgehead atoms. The van der Waals surface area contributed by atoms with Crippen LogP contribution in [0.4, 0.5) is 0 Å². The first-order chi connectivity index (χ1) is 11.8. The molecule has 0 fully saturated rings. The lowest BCUT2D eigenvalue weighted by Gasteiger charge is -2.18. The topological polar surface area (TPSA) is 62.6 Å². The molecule has 0 spiro atoms. The van der Waals surface area contributed by atoms with Crippen LogP contribution in [0.1, 0.15) is 49.8 Å². The van der Waals surface area contributed by atoms with Gasteiger partial charge in [-0.3, -0.25) is 9.69 Å². The van der Waals surface area contributed by atoms with Crippen LogP contribution in [-0.4, -0.2) is 30.9 Å². The Morgan fingerprint density at radius 3 is 2.64 bits per heavy atom. The number of likely N-dealkylation sites (N-methyl/N-ethyl adjacent to an activating group) is 1. The molecule has 0 radical (unpaired) electrons. The molecule has 2 rings (SSSR count). The Balaban J connectivity index is 2.31. The highest BCUT2D eigenvalue weighted by atomic mass is 16.4. The van der Waals surface area contributed by atoms with E-state index in [0.29, 0.717) is 31.1 Å². The number of carbonyl (C=O) groups excluding carboxylic acids is 1. The molecule has 0 aliphatic heterocycles. The number of hydrogen-bond acceptors (Lipinski definition) is 4. The van der Waals surface area contributed by atoms with Gasteiger partial charge in [0.1, 0.15) is 5.58 Å². The van der Waals surface area contributed by atoms with Gasteiger partial charge in [-0.1, -0.05) is 20.8 Å². The highest BCUT2D eigenvalue weighted by molar-refractivity contribution is 5.82. The third-order valence-electron chi connectivity index (χ3n) is 4.26. The average Bonchev–Trinajstić information content (AvgIpc) is 2.51. The first-order valence-electron chi connectivity index (χ1n) is 8.84. The molecule has 1 aromatic carbocycles. The number of nitrogens with one attached hydrogen (secondary N) is 1. The van der Waals surface area contributed by atoms with Crippen molar-refractivity contribution in [2.24, 2.45) is 0 Å². The van der Waals surface area contributed by atoms with E-state index in [9.17, 15) is 9.59 Å². The average molecular weight is 344 g/mol. The molecule has 136 valence electrons. The van der Waals surface area contributed by atoms with Crippen molar-refractivity contribution < 1.29 is 9.21 Å². The van der Waals surface area contributed by atoms with Gasteiger partial charge in [-0.15, -0.1) is 0 Å². The second-order valence-electron chi connectivity index (χ2n) is 6.97. The van der Waals surface area contributed by atoms with E-state index in [1.807, 2.05) is 31.9 Å². The van der Waals surface area contributed by atoms with Crippen LogP contribution in [0.3, 0.4) is 0 Å². The summed E-state index contributed by atoms with van der Waals surface area (Å²) < 4.78 is 5.38. The van der Waals surface area contributed by atoms with Gasteiger partial charge in [0.15, 0.2) is 0 Å². The van der Waals surface area contributed by atoms with Crippen molar-refractivity contribution in [3.05, 3.63) is 45.3 Å². The molecule has 5 heteroatoms. The standard InChI is InChI=1S/C20H28N2O3/c1-6-7-21-19(23)12-22(5)11-15-9-20(24)25-18-8-14(4)16(13(2)3)10-17(15)18/h8-10,13H,6-7,11-12H2,1-5H3,(H,21,23). The number of carbonyl (C=O) groups is 1. The van der Waals surface area contributed by atoms with Gasteiger partial charge in [0.25, 0.3) is 0 Å². The van der Waals surface area contributed by atoms with Gasteiger partial charge in [-0.2, -0.15) is 0 Å². The van der Waals surface area contributed by atoms with Crippen LogP contribution in [0.2, 0.25) is 0 Å². The van der Waals surface area contributed by atoms with Crippen molar-refractivity contribution in [1.29, 1.82) is 0 Å². The fourth-order valence-corrected chi connectivity index (χ4v) is 3.06. The quantitative estimate of drug-likeness (QED) is 0.784. The Kier molecular flexibility index (Phi) is 6.37. The monoisotopic (exact) mass is 344 g/mol. The molecule has 25 heavy (non-hydrogen) atoms. The van der Waals surface area contributed by atoms with Crippen LogP contribution in [-0.2, 0) is 11.3 Å². The minimum absolute atomic E-state index is 0.00432. The minimum atomic E-state index is -0.358. The number of fused-ring (bicyclic) bond motifs is 1. The fraction of sp³-hybridized carbons (Fsp3) is 0.500. The van der Waals surface area contributed by atoms with E-state index >= 15 is 0 Å². The Hall–Kier alpha value is -2.14. The van der Waals surface area contributed by atoms with E-state index < -0.39 is 0 Å². The van der Waals surface area contributed by atoms with Crippen LogP contribution >= 0.6 is 0 Å². The summed E-state index contributed by atoms with van der Waals surface area (Å²) in [6.07, 6.45) is 0.914. The molecule has 1 N–H and O–H groups in total. The van der Waals surface area contributed by atoms with Gasteiger partial charge in [0, 0.05) is 24.5 Å². The summed E-state index contributed by atoms with van der Waals surface area (Å²) in [6, 6.07) is 5.57. The third-order valence-corrected chi connectivity index (χ3v) is 4.26. The number of benzene rings is 1. The van der Waals surface area contributed by atoms with E-state index in [4.69, 9.17) is 4.42 Å². The molecule has 0 atom stereocenters. The number of rotatable bonds is 7. The lowest BCUT2D eigenvalue weighted by molar-refractivity contribution is -0.122. The lowest BCUT2D eigenvalue weighted by atomic mass is 9.95. The van der Waals surface area contributed by atoms with Gasteiger partial charge in [0.2, 0.25) is 5.91 Å². The smallest absolute Gasteiger partial charge is 0.336 e. The maximum absolute atomic E-state index is 11.9. The molecule has 1 amide bonds. The second-order valence-corrected chi connectivity index (χ2v) is 6.97. The molecule has 1 aromatic heterocycles. The molecule has 1 heterocycles. The van der Waals surface area contributed by atoms with Crippen molar-refractivity contribution in [3.63, 3.8) is 0 Å². The summed E-state index contributed by atoms with van der Waals surface area (Å²) in [5.74, 6) is 0.386. The van der Waals surface area contributed by atoms with Crippen LogP contribution < -0.4 is 10.9 Å². The summed E-state index contributed by atoms with van der Waals surface area (Å²) in [6.45, 7) is 9.85. The van der Waals surface area contributed by atoms with Gasteiger partial charge in [-0.05, 0) is 55.1 Å². The molecule has 0 saturated carbocycles. The van der Waals surface area contributed by atoms with Crippen molar-refractivity contribution in [3.8, 4) is 0 Å². The van der Waals surface area contributed by atoms with Crippen molar-refractivity contribution in [2.45, 2.75) is 46.6 Å². The predicted octanol–water partition coefficient (Wildman–Crippen LogP) is 3.18. The zero-order valence-electron chi connectivity index (χ0n) is 15.8. The van der Waals surface area contributed by atoms with E-state index in [1.54, 1.807) is 0 Å². The molecule has 5 nitrogen and oxygen atoms in total. The molecular weight excluding hydrogens is 316 g/mol. The third kappa shape index (κ3) is 4.92. The van der Waals surface area contributed by atoms with E-state index in [1.165, 1.54) is 11.6 Å². The summed E-state index contributed by atoms with van der Waals surface area (Å²) >= 11 is 0. The van der Waals surface area contributed by atoms with Gasteiger partial charge < -0.3 is 9.73 Å². The second kappa shape index (κ2) is 8.30. The molecule has 0 saturated heterocycles. The lowest BCUT2D eigenvalue weighted by Crippen LogP contribution is -2.35. The number of nitrogens with zero attached hydrogens (tertiary/aromatic N) is 1. The summed E-state index contributed by atoms with van der Waals surface area (Å²) in [5, 5.41) is 3.81. The van der Waals surface area contributed by atoms with E-state index in [2.05, 4.69) is 25.2 Å². The van der Waals surface area contributed by atoms with Crippen LogP contribution in [0.15, 0.2) is 27.4 Å². The molecule has 0 aliphatic carbocycles. The maximum atomic E-state index is 11.9. The van der Waals surface area contributed by atoms with Crippen molar-refractivity contribution in [2.75, 3.05) is 20.1 Å². The Bertz CT molecular complexity index is 808. The Labute approximate surface area is 149 Å². The highest BCUT2D eigenvalue weighted by Crippen LogP contribution is 2.27. The number of aryl methyl sites for hydroxylation is 1. The van der Waals surface area contributed by atoms with E-state index in [-0.39, 0.29) is 11.5 Å². The van der Waals surface area contributed by atoms with Crippen LogP contribution in [0, 0.1) is 6.92 Å². The van der Waals surface area contributed by atoms with Crippen LogP contribution in [0.25, 0.3) is 11.0 Å². The highest BCUT2D eigenvalue weighted by Gasteiger charge is 2.14. The van der Waals surface area contributed by atoms with Crippen molar-refractivity contribution >= 4 is 16.9 Å². The number of hydrogen-bond donors (Lipinski definition) is 1. The first kappa shape index (κ1) is 19.2. The molecular formula is C20H28N2O3.